The van der Waals surface area contributed by atoms with Gasteiger partial charge in [0.1, 0.15) is 0 Å². The molecule has 2 rings (SSSR count). The van der Waals surface area contributed by atoms with E-state index in [9.17, 15) is 13.2 Å². The molecule has 0 heterocycles. The Hall–Kier alpha value is -1.97. The fourth-order valence-corrected chi connectivity index (χ4v) is 2.29. The van der Waals surface area contributed by atoms with E-state index in [1.54, 1.807) is 13.0 Å². The fourth-order valence-electron chi connectivity index (χ4n) is 2.29. The molecule has 0 fully saturated rings. The van der Waals surface area contributed by atoms with Gasteiger partial charge in [-0.2, -0.15) is 13.2 Å². The monoisotopic (exact) mass is 293 g/mol. The van der Waals surface area contributed by atoms with Crippen LogP contribution in [0.4, 0.5) is 18.9 Å². The standard InChI is InChI=1S/C17H18F3N/c1-11-8-9-14(10-12(11)2)21-13(3)15-6-4-5-7-16(15)17(18,19)20/h4-10,13,21H,1-3H3. The molecule has 1 N–H and O–H groups in total. The lowest BCUT2D eigenvalue weighted by molar-refractivity contribution is -0.138. The van der Waals surface area contributed by atoms with E-state index in [0.29, 0.717) is 0 Å². The van der Waals surface area contributed by atoms with Crippen LogP contribution in [0.15, 0.2) is 42.5 Å². The van der Waals surface area contributed by atoms with Crippen LogP contribution >= 0.6 is 0 Å². The lowest BCUT2D eigenvalue weighted by Crippen LogP contribution is -2.15. The van der Waals surface area contributed by atoms with Crippen molar-refractivity contribution < 1.29 is 13.2 Å². The molecule has 0 saturated carbocycles. The highest BCUT2D eigenvalue weighted by Crippen LogP contribution is 2.35. The quantitative estimate of drug-likeness (QED) is 0.788. The molecule has 0 aliphatic carbocycles. The first-order chi connectivity index (χ1) is 9.79. The Morgan fingerprint density at radius 1 is 0.952 bits per heavy atom. The molecule has 2 aromatic rings. The molecule has 21 heavy (non-hydrogen) atoms. The Morgan fingerprint density at radius 2 is 1.62 bits per heavy atom. The summed E-state index contributed by atoms with van der Waals surface area (Å²) in [5.74, 6) is 0. The summed E-state index contributed by atoms with van der Waals surface area (Å²) in [4.78, 5) is 0. The summed E-state index contributed by atoms with van der Waals surface area (Å²) in [5, 5.41) is 3.14. The first kappa shape index (κ1) is 15.4. The highest BCUT2D eigenvalue weighted by Gasteiger charge is 2.34. The molecule has 1 nitrogen and oxygen atoms in total. The van der Waals surface area contributed by atoms with Crippen LogP contribution in [0.25, 0.3) is 0 Å². The van der Waals surface area contributed by atoms with E-state index in [2.05, 4.69) is 5.32 Å². The van der Waals surface area contributed by atoms with Crippen molar-refractivity contribution in [2.24, 2.45) is 0 Å². The van der Waals surface area contributed by atoms with Crippen LogP contribution in [-0.4, -0.2) is 0 Å². The van der Waals surface area contributed by atoms with Crippen molar-refractivity contribution in [3.8, 4) is 0 Å². The molecule has 4 heteroatoms. The smallest absolute Gasteiger partial charge is 0.378 e. The van der Waals surface area contributed by atoms with Crippen molar-refractivity contribution in [3.05, 3.63) is 64.7 Å². The van der Waals surface area contributed by atoms with Gasteiger partial charge in [0.25, 0.3) is 0 Å². The largest absolute Gasteiger partial charge is 0.416 e. The lowest BCUT2D eigenvalue weighted by Gasteiger charge is -2.21. The van der Waals surface area contributed by atoms with Gasteiger partial charge in [-0.25, -0.2) is 0 Å². The predicted octanol–water partition coefficient (Wildman–Crippen LogP) is 5.50. The molecule has 0 bridgehead atoms. The lowest BCUT2D eigenvalue weighted by atomic mass is 10.0. The number of hydrogen-bond donors (Lipinski definition) is 1. The SMILES string of the molecule is Cc1ccc(NC(C)c2ccccc2C(F)(F)F)cc1C. The Labute approximate surface area is 122 Å². The molecule has 0 spiro atoms. The molecule has 0 aliphatic heterocycles. The molecule has 112 valence electrons. The predicted molar refractivity (Wildman–Crippen MR) is 79.4 cm³/mol. The average molecular weight is 293 g/mol. The van der Waals surface area contributed by atoms with E-state index in [1.807, 2.05) is 32.0 Å². The van der Waals surface area contributed by atoms with E-state index in [4.69, 9.17) is 0 Å². The van der Waals surface area contributed by atoms with Crippen LogP contribution in [0.3, 0.4) is 0 Å². The molecule has 1 atom stereocenters. The van der Waals surface area contributed by atoms with Crippen LogP contribution in [0.1, 0.15) is 35.2 Å². The Morgan fingerprint density at radius 3 is 2.24 bits per heavy atom. The van der Waals surface area contributed by atoms with Crippen molar-refractivity contribution in [2.45, 2.75) is 33.0 Å². The minimum Gasteiger partial charge on any atom is -0.378 e. The Bertz CT molecular complexity index is 632. The highest BCUT2D eigenvalue weighted by atomic mass is 19.4. The second kappa shape index (κ2) is 5.80. The number of aryl methyl sites for hydroxylation is 2. The highest BCUT2D eigenvalue weighted by molar-refractivity contribution is 5.50. The zero-order valence-electron chi connectivity index (χ0n) is 12.3. The third-order valence-corrected chi connectivity index (χ3v) is 3.62. The maximum absolute atomic E-state index is 13.0. The van der Waals surface area contributed by atoms with E-state index in [1.165, 1.54) is 12.1 Å². The van der Waals surface area contributed by atoms with Gasteiger partial charge in [0, 0.05) is 11.7 Å². The second-order valence-electron chi connectivity index (χ2n) is 5.25. The van der Waals surface area contributed by atoms with Gasteiger partial charge in [-0.3, -0.25) is 0 Å². The molecule has 0 aromatic heterocycles. The van der Waals surface area contributed by atoms with E-state index < -0.39 is 17.8 Å². The second-order valence-corrected chi connectivity index (χ2v) is 5.25. The van der Waals surface area contributed by atoms with E-state index in [-0.39, 0.29) is 5.56 Å². The number of halogens is 3. The van der Waals surface area contributed by atoms with Crippen LogP contribution in [0.2, 0.25) is 0 Å². The van der Waals surface area contributed by atoms with Gasteiger partial charge in [0.2, 0.25) is 0 Å². The number of benzene rings is 2. The van der Waals surface area contributed by atoms with Gasteiger partial charge < -0.3 is 5.32 Å². The normalized spacial score (nSPS) is 13.0. The number of hydrogen-bond acceptors (Lipinski definition) is 1. The Balaban J connectivity index is 2.28. The number of alkyl halides is 3. The molecular formula is C17H18F3N. The first-order valence-corrected chi connectivity index (χ1v) is 6.79. The van der Waals surface area contributed by atoms with Gasteiger partial charge in [-0.15, -0.1) is 0 Å². The van der Waals surface area contributed by atoms with Gasteiger partial charge in [0.05, 0.1) is 5.56 Å². The van der Waals surface area contributed by atoms with Crippen molar-refractivity contribution in [1.82, 2.24) is 0 Å². The fraction of sp³-hybridized carbons (Fsp3) is 0.294. The maximum Gasteiger partial charge on any atom is 0.416 e. The molecule has 0 amide bonds. The average Bonchev–Trinajstić information content (AvgIpc) is 2.42. The number of anilines is 1. The van der Waals surface area contributed by atoms with E-state index >= 15 is 0 Å². The minimum atomic E-state index is -4.34. The van der Waals surface area contributed by atoms with Crippen LogP contribution < -0.4 is 5.32 Å². The van der Waals surface area contributed by atoms with Crippen LogP contribution in [0, 0.1) is 13.8 Å². The van der Waals surface area contributed by atoms with Crippen LogP contribution in [-0.2, 0) is 6.18 Å². The first-order valence-electron chi connectivity index (χ1n) is 6.79. The zero-order valence-corrected chi connectivity index (χ0v) is 12.3. The van der Waals surface area contributed by atoms with Gasteiger partial charge >= 0.3 is 6.18 Å². The molecule has 0 saturated heterocycles. The molecule has 2 aromatic carbocycles. The van der Waals surface area contributed by atoms with Gasteiger partial charge in [-0.05, 0) is 55.7 Å². The Kier molecular flexibility index (Phi) is 4.26. The summed E-state index contributed by atoms with van der Waals surface area (Å²) >= 11 is 0. The topological polar surface area (TPSA) is 12.0 Å². The van der Waals surface area contributed by atoms with Crippen molar-refractivity contribution in [1.29, 1.82) is 0 Å². The minimum absolute atomic E-state index is 0.253. The van der Waals surface area contributed by atoms with Gasteiger partial charge in [-0.1, -0.05) is 24.3 Å². The van der Waals surface area contributed by atoms with Crippen molar-refractivity contribution in [2.75, 3.05) is 5.32 Å². The molecule has 0 radical (unpaired) electrons. The summed E-state index contributed by atoms with van der Waals surface area (Å²) < 4.78 is 39.1. The van der Waals surface area contributed by atoms with Crippen LogP contribution in [0.5, 0.6) is 0 Å². The third kappa shape index (κ3) is 3.57. The number of nitrogens with one attached hydrogen (secondary N) is 1. The van der Waals surface area contributed by atoms with Gasteiger partial charge in [0.15, 0.2) is 0 Å². The number of rotatable bonds is 3. The summed E-state index contributed by atoms with van der Waals surface area (Å²) in [5.41, 5.74) is 2.75. The molecule has 1 unspecified atom stereocenters. The maximum atomic E-state index is 13.0. The summed E-state index contributed by atoms with van der Waals surface area (Å²) in [7, 11) is 0. The molecule has 0 aliphatic rings. The molecular weight excluding hydrogens is 275 g/mol. The zero-order chi connectivity index (χ0) is 15.6. The van der Waals surface area contributed by atoms with Crippen molar-refractivity contribution >= 4 is 5.69 Å². The summed E-state index contributed by atoms with van der Waals surface area (Å²) in [6.45, 7) is 5.72. The van der Waals surface area contributed by atoms with Crippen molar-refractivity contribution in [3.63, 3.8) is 0 Å². The summed E-state index contributed by atoms with van der Waals surface area (Å²) in [6.07, 6.45) is -4.34. The third-order valence-electron chi connectivity index (χ3n) is 3.62. The van der Waals surface area contributed by atoms with E-state index in [0.717, 1.165) is 22.9 Å². The summed E-state index contributed by atoms with van der Waals surface area (Å²) in [6, 6.07) is 11.0.